The first-order chi connectivity index (χ1) is 10.3. The van der Waals surface area contributed by atoms with Gasteiger partial charge in [-0.25, -0.2) is 0 Å². The Bertz CT molecular complexity index is 462. The van der Waals surface area contributed by atoms with Gasteiger partial charge in [-0.15, -0.1) is 24.8 Å². The fourth-order valence-electron chi connectivity index (χ4n) is 3.03. The van der Waals surface area contributed by atoms with E-state index in [2.05, 4.69) is 59.3 Å². The quantitative estimate of drug-likeness (QED) is 0.847. The van der Waals surface area contributed by atoms with E-state index in [1.54, 1.807) is 0 Å². The van der Waals surface area contributed by atoms with E-state index in [-0.39, 0.29) is 30.9 Å². The number of nitrogens with zero attached hydrogens (tertiary/aromatic N) is 3. The predicted molar refractivity (Wildman–Crippen MR) is 102 cm³/mol. The first kappa shape index (κ1) is 22.0. The van der Waals surface area contributed by atoms with Crippen LogP contribution < -0.4 is 10.2 Å². The average Bonchev–Trinajstić information content (AvgIpc) is 2.55. The van der Waals surface area contributed by atoms with Crippen LogP contribution in [0.2, 0.25) is 0 Å². The van der Waals surface area contributed by atoms with Gasteiger partial charge in [-0.2, -0.15) is 5.26 Å². The molecule has 1 N–H and O–H groups in total. The molecular weight excluding hydrogens is 331 g/mol. The molecule has 0 aliphatic carbocycles. The Morgan fingerprint density at radius 3 is 2.17 bits per heavy atom. The number of rotatable bonds is 6. The molecule has 1 aliphatic heterocycles. The SMILES string of the molecule is CCN(CC)c1ccc([C@@H](CC#N)N2CCNCC2)cc1.Cl.Cl. The summed E-state index contributed by atoms with van der Waals surface area (Å²) in [5.41, 5.74) is 2.52. The molecule has 0 unspecified atom stereocenters. The third kappa shape index (κ3) is 5.86. The van der Waals surface area contributed by atoms with Gasteiger partial charge in [0.15, 0.2) is 0 Å². The molecular formula is C17H28Cl2N4. The maximum absolute atomic E-state index is 9.15. The van der Waals surface area contributed by atoms with Crippen LogP contribution in [0.5, 0.6) is 0 Å². The first-order valence-corrected chi connectivity index (χ1v) is 7.96. The number of benzene rings is 1. The summed E-state index contributed by atoms with van der Waals surface area (Å²) in [6, 6.07) is 11.3. The van der Waals surface area contributed by atoms with Crippen molar-refractivity contribution in [1.29, 1.82) is 5.26 Å². The molecule has 1 aromatic carbocycles. The number of nitriles is 1. The van der Waals surface area contributed by atoms with Crippen molar-refractivity contribution in [1.82, 2.24) is 10.2 Å². The zero-order valence-electron chi connectivity index (χ0n) is 14.0. The highest BCUT2D eigenvalue weighted by Crippen LogP contribution is 2.26. The first-order valence-electron chi connectivity index (χ1n) is 7.96. The van der Waals surface area contributed by atoms with E-state index in [1.165, 1.54) is 11.3 Å². The molecule has 1 atom stereocenters. The minimum Gasteiger partial charge on any atom is -0.372 e. The predicted octanol–water partition coefficient (Wildman–Crippen LogP) is 3.24. The largest absolute Gasteiger partial charge is 0.372 e. The van der Waals surface area contributed by atoms with Crippen molar-refractivity contribution >= 4 is 30.5 Å². The van der Waals surface area contributed by atoms with Gasteiger partial charge in [0.2, 0.25) is 0 Å². The van der Waals surface area contributed by atoms with Gasteiger partial charge in [0.1, 0.15) is 0 Å². The average molecular weight is 359 g/mol. The van der Waals surface area contributed by atoms with Crippen LogP contribution in [-0.2, 0) is 0 Å². The number of halogens is 2. The molecule has 0 spiro atoms. The Balaban J connectivity index is 0.00000242. The maximum Gasteiger partial charge on any atom is 0.0641 e. The van der Waals surface area contributed by atoms with Gasteiger partial charge in [-0.05, 0) is 31.5 Å². The monoisotopic (exact) mass is 358 g/mol. The molecule has 1 fully saturated rings. The van der Waals surface area contributed by atoms with Crippen LogP contribution in [0.15, 0.2) is 24.3 Å². The lowest BCUT2D eigenvalue weighted by Crippen LogP contribution is -2.45. The second-order valence-corrected chi connectivity index (χ2v) is 5.43. The molecule has 1 saturated heterocycles. The molecule has 4 nitrogen and oxygen atoms in total. The van der Waals surface area contributed by atoms with Gasteiger partial charge in [-0.1, -0.05) is 12.1 Å². The Labute approximate surface area is 152 Å². The fraction of sp³-hybridized carbons (Fsp3) is 0.588. The molecule has 6 heteroatoms. The van der Waals surface area contributed by atoms with E-state index in [0.717, 1.165) is 39.3 Å². The number of nitrogens with one attached hydrogen (secondary N) is 1. The molecule has 0 radical (unpaired) electrons. The Morgan fingerprint density at radius 1 is 1.13 bits per heavy atom. The van der Waals surface area contributed by atoms with Crippen molar-refractivity contribution in [2.75, 3.05) is 44.2 Å². The number of hydrogen-bond donors (Lipinski definition) is 1. The summed E-state index contributed by atoms with van der Waals surface area (Å²) in [4.78, 5) is 4.76. The summed E-state index contributed by atoms with van der Waals surface area (Å²) in [5.74, 6) is 0. The molecule has 1 heterocycles. The van der Waals surface area contributed by atoms with E-state index in [0.29, 0.717) is 6.42 Å². The highest BCUT2D eigenvalue weighted by molar-refractivity contribution is 5.85. The summed E-state index contributed by atoms with van der Waals surface area (Å²) in [5, 5.41) is 12.5. The fourth-order valence-corrected chi connectivity index (χ4v) is 3.03. The highest BCUT2D eigenvalue weighted by Gasteiger charge is 2.21. The molecule has 0 bridgehead atoms. The van der Waals surface area contributed by atoms with Gasteiger partial charge in [-0.3, -0.25) is 4.90 Å². The lowest BCUT2D eigenvalue weighted by atomic mass is 10.0. The normalized spacial score (nSPS) is 15.7. The Hall–Kier alpha value is -0.990. The zero-order chi connectivity index (χ0) is 15.1. The van der Waals surface area contributed by atoms with Gasteiger partial charge in [0.05, 0.1) is 12.5 Å². The van der Waals surface area contributed by atoms with Crippen molar-refractivity contribution in [2.45, 2.75) is 26.3 Å². The van der Waals surface area contributed by atoms with Crippen molar-refractivity contribution in [2.24, 2.45) is 0 Å². The van der Waals surface area contributed by atoms with Crippen molar-refractivity contribution < 1.29 is 0 Å². The number of anilines is 1. The summed E-state index contributed by atoms with van der Waals surface area (Å²) >= 11 is 0. The van der Waals surface area contributed by atoms with Crippen LogP contribution in [-0.4, -0.2) is 44.2 Å². The van der Waals surface area contributed by atoms with Crippen LogP contribution in [0.1, 0.15) is 31.9 Å². The number of hydrogen-bond acceptors (Lipinski definition) is 4. The van der Waals surface area contributed by atoms with E-state index < -0.39 is 0 Å². The van der Waals surface area contributed by atoms with Crippen LogP contribution in [0.25, 0.3) is 0 Å². The van der Waals surface area contributed by atoms with E-state index in [4.69, 9.17) is 5.26 Å². The molecule has 2 rings (SSSR count). The van der Waals surface area contributed by atoms with E-state index >= 15 is 0 Å². The molecule has 23 heavy (non-hydrogen) atoms. The van der Waals surface area contributed by atoms with Crippen molar-refractivity contribution in [3.63, 3.8) is 0 Å². The minimum atomic E-state index is 0. The second kappa shape index (κ2) is 11.5. The molecule has 0 aromatic heterocycles. The van der Waals surface area contributed by atoms with Crippen molar-refractivity contribution in [3.05, 3.63) is 29.8 Å². The van der Waals surface area contributed by atoms with Crippen LogP contribution >= 0.6 is 24.8 Å². The van der Waals surface area contributed by atoms with E-state index in [1.807, 2.05) is 0 Å². The van der Waals surface area contributed by atoms with Crippen LogP contribution in [0.4, 0.5) is 5.69 Å². The molecule has 130 valence electrons. The Kier molecular flexibility index (Phi) is 11.0. The second-order valence-electron chi connectivity index (χ2n) is 5.43. The van der Waals surface area contributed by atoms with Gasteiger partial charge in [0.25, 0.3) is 0 Å². The summed E-state index contributed by atoms with van der Waals surface area (Å²) in [6.07, 6.45) is 0.560. The van der Waals surface area contributed by atoms with Crippen LogP contribution in [0, 0.1) is 11.3 Å². The summed E-state index contributed by atoms with van der Waals surface area (Å²) < 4.78 is 0. The Morgan fingerprint density at radius 2 is 1.70 bits per heavy atom. The summed E-state index contributed by atoms with van der Waals surface area (Å²) in [7, 11) is 0. The van der Waals surface area contributed by atoms with Gasteiger partial charge in [0, 0.05) is 51.0 Å². The molecule has 1 aromatic rings. The smallest absolute Gasteiger partial charge is 0.0641 e. The minimum absolute atomic E-state index is 0. The highest BCUT2D eigenvalue weighted by atomic mass is 35.5. The van der Waals surface area contributed by atoms with E-state index in [9.17, 15) is 0 Å². The standard InChI is InChI=1S/C17H26N4.2ClH/c1-3-20(4-2)16-7-5-15(6-8-16)17(9-10-18)21-13-11-19-12-14-21;;/h5-8,17,19H,3-4,9,11-14H2,1-2H3;2*1H/t17-;;/m1../s1. The summed E-state index contributed by atoms with van der Waals surface area (Å²) in [6.45, 7) is 10.5. The molecule has 0 saturated carbocycles. The lowest BCUT2D eigenvalue weighted by molar-refractivity contribution is 0.175. The lowest BCUT2D eigenvalue weighted by Gasteiger charge is -2.34. The van der Waals surface area contributed by atoms with Gasteiger partial charge < -0.3 is 10.2 Å². The third-order valence-electron chi connectivity index (χ3n) is 4.28. The molecule has 1 aliphatic rings. The topological polar surface area (TPSA) is 42.3 Å². The van der Waals surface area contributed by atoms with Gasteiger partial charge >= 0.3 is 0 Å². The molecule has 0 amide bonds. The van der Waals surface area contributed by atoms with Crippen LogP contribution in [0.3, 0.4) is 0 Å². The number of piperazine rings is 1. The van der Waals surface area contributed by atoms with Crippen molar-refractivity contribution in [3.8, 4) is 6.07 Å². The zero-order valence-corrected chi connectivity index (χ0v) is 15.6. The third-order valence-corrected chi connectivity index (χ3v) is 4.28. The maximum atomic E-state index is 9.15.